The number of halogens is 1. The van der Waals surface area contributed by atoms with Crippen LogP contribution < -0.4 is 10.1 Å². The Morgan fingerprint density at radius 1 is 1.03 bits per heavy atom. The summed E-state index contributed by atoms with van der Waals surface area (Å²) in [5, 5.41) is 8.45. The third kappa shape index (κ3) is 4.90. The molecule has 0 aliphatic carbocycles. The van der Waals surface area contributed by atoms with E-state index < -0.39 is 0 Å². The fourth-order valence-corrected chi connectivity index (χ4v) is 3.21. The zero-order valence-electron chi connectivity index (χ0n) is 16.3. The number of aromatic nitrogens is 2. The van der Waals surface area contributed by atoms with E-state index in [9.17, 15) is 0 Å². The van der Waals surface area contributed by atoms with Gasteiger partial charge in [-0.3, -0.25) is 0 Å². The number of hydrogen-bond acceptors (Lipinski definition) is 5. The van der Waals surface area contributed by atoms with Crippen LogP contribution in [0.3, 0.4) is 0 Å². The molecule has 5 nitrogen and oxygen atoms in total. The molecule has 152 valence electrons. The summed E-state index contributed by atoms with van der Waals surface area (Å²) in [6, 6.07) is 23.3. The molecular weight excluding hydrogens is 418 g/mol. The molecule has 0 fully saturated rings. The Hall–Kier alpha value is -3.09. The monoisotopic (exact) mass is 437 g/mol. The van der Waals surface area contributed by atoms with Crippen LogP contribution in [-0.4, -0.2) is 9.78 Å². The van der Waals surface area contributed by atoms with Gasteiger partial charge in [-0.05, 0) is 61.6 Å². The van der Waals surface area contributed by atoms with Gasteiger partial charge in [0, 0.05) is 21.8 Å². The first-order valence-electron chi connectivity index (χ1n) is 9.43. The molecular formula is C23H20ClN3O2S. The van der Waals surface area contributed by atoms with E-state index in [1.165, 1.54) is 5.56 Å². The molecule has 0 amide bonds. The van der Waals surface area contributed by atoms with Gasteiger partial charge in [-0.25, -0.2) is 4.68 Å². The van der Waals surface area contributed by atoms with Crippen molar-refractivity contribution in [2.24, 2.45) is 0 Å². The van der Waals surface area contributed by atoms with Crippen LogP contribution in [0.4, 0.5) is 5.69 Å². The highest BCUT2D eigenvalue weighted by Gasteiger charge is 2.09. The van der Waals surface area contributed by atoms with Crippen molar-refractivity contribution < 1.29 is 9.15 Å². The third-order valence-corrected chi connectivity index (χ3v) is 5.21. The number of nitrogens with one attached hydrogen (secondary N) is 1. The normalized spacial score (nSPS) is 10.7. The van der Waals surface area contributed by atoms with Crippen molar-refractivity contribution >= 4 is 29.5 Å². The summed E-state index contributed by atoms with van der Waals surface area (Å²) in [6.45, 7) is 2.88. The maximum absolute atomic E-state index is 6.17. The van der Waals surface area contributed by atoms with E-state index in [-0.39, 0.29) is 0 Å². The average Bonchev–Trinajstić information content (AvgIpc) is 3.14. The highest BCUT2D eigenvalue weighted by molar-refractivity contribution is 7.71. The summed E-state index contributed by atoms with van der Waals surface area (Å²) in [4.78, 5) is 0.309. The fourth-order valence-electron chi connectivity index (χ4n) is 2.83. The van der Waals surface area contributed by atoms with Gasteiger partial charge in [0.2, 0.25) is 5.89 Å². The lowest BCUT2D eigenvalue weighted by Gasteiger charge is -2.08. The van der Waals surface area contributed by atoms with Gasteiger partial charge in [-0.15, -0.1) is 5.10 Å². The molecule has 0 spiro atoms. The van der Waals surface area contributed by atoms with E-state index in [1.807, 2.05) is 72.8 Å². The van der Waals surface area contributed by atoms with Gasteiger partial charge >= 0.3 is 0 Å². The van der Waals surface area contributed by atoms with E-state index in [0.717, 1.165) is 22.6 Å². The smallest absolute Gasteiger partial charge is 0.289 e. The molecule has 30 heavy (non-hydrogen) atoms. The summed E-state index contributed by atoms with van der Waals surface area (Å²) in [7, 11) is 0. The first kappa shape index (κ1) is 20.2. The minimum absolute atomic E-state index is 0.309. The van der Waals surface area contributed by atoms with Crippen LogP contribution in [-0.2, 0) is 13.3 Å². The predicted molar refractivity (Wildman–Crippen MR) is 121 cm³/mol. The molecule has 4 rings (SSSR count). The molecule has 0 aliphatic rings. The number of hydrogen-bond donors (Lipinski definition) is 1. The van der Waals surface area contributed by atoms with Crippen molar-refractivity contribution in [3.05, 3.63) is 93.8 Å². The first-order chi connectivity index (χ1) is 14.6. The van der Waals surface area contributed by atoms with Crippen LogP contribution in [0.25, 0.3) is 11.5 Å². The van der Waals surface area contributed by atoms with Crippen LogP contribution in [0.2, 0.25) is 5.02 Å². The Bertz CT molecular complexity index is 1180. The first-order valence-corrected chi connectivity index (χ1v) is 10.2. The number of aryl methyl sites for hydroxylation is 1. The van der Waals surface area contributed by atoms with Gasteiger partial charge in [-0.1, -0.05) is 47.5 Å². The highest BCUT2D eigenvalue weighted by Crippen LogP contribution is 2.23. The number of benzene rings is 3. The minimum atomic E-state index is 0.309. The molecule has 0 aliphatic heterocycles. The van der Waals surface area contributed by atoms with Crippen LogP contribution in [0.1, 0.15) is 11.1 Å². The zero-order valence-corrected chi connectivity index (χ0v) is 17.9. The fraction of sp³-hybridized carbons (Fsp3) is 0.130. The van der Waals surface area contributed by atoms with Gasteiger partial charge in [0.05, 0.1) is 0 Å². The number of rotatable bonds is 7. The van der Waals surface area contributed by atoms with Gasteiger partial charge in [0.25, 0.3) is 4.84 Å². The van der Waals surface area contributed by atoms with Gasteiger partial charge in [0.15, 0.2) is 0 Å². The van der Waals surface area contributed by atoms with Crippen LogP contribution in [0.15, 0.2) is 77.2 Å². The van der Waals surface area contributed by atoms with Gasteiger partial charge in [-0.2, -0.15) is 0 Å². The van der Waals surface area contributed by atoms with Crippen LogP contribution >= 0.6 is 23.8 Å². The summed E-state index contributed by atoms with van der Waals surface area (Å²) in [6.07, 6.45) is 0. The summed E-state index contributed by atoms with van der Waals surface area (Å²) in [5.74, 6) is 1.20. The Kier molecular flexibility index (Phi) is 6.16. The third-order valence-electron chi connectivity index (χ3n) is 4.54. The number of anilines is 1. The molecule has 1 N–H and O–H groups in total. The Balaban J connectivity index is 1.40. The molecule has 0 bridgehead atoms. The van der Waals surface area contributed by atoms with Crippen LogP contribution in [0.5, 0.6) is 5.75 Å². The maximum atomic E-state index is 6.17. The minimum Gasteiger partial charge on any atom is -0.489 e. The zero-order chi connectivity index (χ0) is 20.9. The van der Waals surface area contributed by atoms with E-state index >= 15 is 0 Å². The lowest BCUT2D eigenvalue weighted by atomic mass is 10.2. The van der Waals surface area contributed by atoms with Crippen molar-refractivity contribution in [3.63, 3.8) is 0 Å². The van der Waals surface area contributed by atoms with Crippen molar-refractivity contribution in [2.75, 3.05) is 5.32 Å². The van der Waals surface area contributed by atoms with E-state index in [4.69, 9.17) is 33.0 Å². The lowest BCUT2D eigenvalue weighted by Crippen LogP contribution is -2.09. The standard InChI is InChI=1S/C23H20ClN3O2S/c1-16-6-10-19(11-7-16)25-15-27-23(30)29-22(26-27)17-8-12-20(13-9-17)28-14-18-4-2-3-5-21(18)24/h2-13,25H,14-15H2,1H3. The number of ether oxygens (including phenoxy) is 1. The maximum Gasteiger partial charge on any atom is 0.289 e. The molecule has 0 atom stereocenters. The summed E-state index contributed by atoms with van der Waals surface area (Å²) in [5.41, 5.74) is 3.96. The molecule has 7 heteroatoms. The second-order valence-corrected chi connectivity index (χ2v) is 7.53. The molecule has 1 aromatic heterocycles. The second kappa shape index (κ2) is 9.15. The van der Waals surface area contributed by atoms with Crippen LogP contribution in [0, 0.1) is 11.8 Å². The van der Waals surface area contributed by atoms with E-state index in [0.29, 0.717) is 29.0 Å². The largest absolute Gasteiger partial charge is 0.489 e. The average molecular weight is 438 g/mol. The Morgan fingerprint density at radius 2 is 1.77 bits per heavy atom. The molecule has 3 aromatic carbocycles. The number of nitrogens with zero attached hydrogens (tertiary/aromatic N) is 2. The van der Waals surface area contributed by atoms with Gasteiger partial charge in [0.1, 0.15) is 19.0 Å². The second-order valence-electron chi connectivity index (χ2n) is 6.78. The van der Waals surface area contributed by atoms with Crippen molar-refractivity contribution in [3.8, 4) is 17.2 Å². The Morgan fingerprint density at radius 3 is 2.50 bits per heavy atom. The summed E-state index contributed by atoms with van der Waals surface area (Å²) < 4.78 is 13.1. The van der Waals surface area contributed by atoms with E-state index in [2.05, 4.69) is 17.3 Å². The molecule has 4 aromatic rings. The molecule has 0 saturated heterocycles. The molecule has 1 heterocycles. The van der Waals surface area contributed by atoms with E-state index in [1.54, 1.807) is 4.68 Å². The highest BCUT2D eigenvalue weighted by atomic mass is 35.5. The quantitative estimate of drug-likeness (QED) is 0.335. The lowest BCUT2D eigenvalue weighted by molar-refractivity contribution is 0.306. The summed E-state index contributed by atoms with van der Waals surface area (Å²) >= 11 is 11.5. The Labute approximate surface area is 184 Å². The SMILES string of the molecule is Cc1ccc(NCn2nc(-c3ccc(OCc4ccccc4Cl)cc3)oc2=S)cc1. The topological polar surface area (TPSA) is 52.2 Å². The molecule has 0 unspecified atom stereocenters. The van der Waals surface area contributed by atoms with Crippen molar-refractivity contribution in [2.45, 2.75) is 20.2 Å². The molecule has 0 radical (unpaired) electrons. The predicted octanol–water partition coefficient (Wildman–Crippen LogP) is 6.48. The molecule has 0 saturated carbocycles. The van der Waals surface area contributed by atoms with Crippen molar-refractivity contribution in [1.29, 1.82) is 0 Å². The van der Waals surface area contributed by atoms with Crippen molar-refractivity contribution in [1.82, 2.24) is 9.78 Å². The van der Waals surface area contributed by atoms with Gasteiger partial charge < -0.3 is 14.5 Å².